The van der Waals surface area contributed by atoms with Crippen LogP contribution in [0.25, 0.3) is 0 Å². The van der Waals surface area contributed by atoms with Crippen LogP contribution < -0.4 is 10.6 Å². The first-order valence-electron chi connectivity index (χ1n) is 8.35. The van der Waals surface area contributed by atoms with Crippen LogP contribution in [0.1, 0.15) is 23.1 Å². The minimum Gasteiger partial charge on any atom is -0.352 e. The molecule has 2 N–H and O–H groups in total. The van der Waals surface area contributed by atoms with Crippen LogP contribution in [-0.4, -0.2) is 11.8 Å². The molecule has 0 heterocycles. The molecule has 0 aliphatic heterocycles. The zero-order chi connectivity index (χ0) is 18.0. The zero-order valence-electron chi connectivity index (χ0n) is 14.3. The Morgan fingerprint density at radius 3 is 2.48 bits per heavy atom. The SMILES string of the molecule is Cc1ccc(NC(=O)C2CC2C(=O)NCc2ccccc2C)cc1Cl. The highest BCUT2D eigenvalue weighted by molar-refractivity contribution is 6.31. The number of carbonyl (C=O) groups excluding carboxylic acids is 2. The molecular formula is C20H21ClN2O2. The van der Waals surface area contributed by atoms with E-state index in [2.05, 4.69) is 10.6 Å². The number of aryl methyl sites for hydroxylation is 2. The highest BCUT2D eigenvalue weighted by Gasteiger charge is 2.47. The molecule has 2 aromatic carbocycles. The van der Waals surface area contributed by atoms with Crippen molar-refractivity contribution in [2.24, 2.45) is 11.8 Å². The average molecular weight is 357 g/mol. The van der Waals surface area contributed by atoms with Crippen LogP contribution in [0.5, 0.6) is 0 Å². The lowest BCUT2D eigenvalue weighted by Crippen LogP contribution is -2.27. The molecule has 25 heavy (non-hydrogen) atoms. The molecule has 2 atom stereocenters. The van der Waals surface area contributed by atoms with Gasteiger partial charge in [0, 0.05) is 17.3 Å². The Kier molecular flexibility index (Phi) is 5.09. The summed E-state index contributed by atoms with van der Waals surface area (Å²) >= 11 is 6.07. The van der Waals surface area contributed by atoms with Gasteiger partial charge in [0.2, 0.25) is 11.8 Å². The van der Waals surface area contributed by atoms with Gasteiger partial charge in [0.1, 0.15) is 0 Å². The van der Waals surface area contributed by atoms with E-state index in [0.29, 0.717) is 23.7 Å². The number of rotatable bonds is 5. The third-order valence-electron chi connectivity index (χ3n) is 4.62. The first kappa shape index (κ1) is 17.5. The van der Waals surface area contributed by atoms with Gasteiger partial charge in [-0.2, -0.15) is 0 Å². The van der Waals surface area contributed by atoms with Crippen molar-refractivity contribution in [1.29, 1.82) is 0 Å². The van der Waals surface area contributed by atoms with Crippen molar-refractivity contribution in [2.75, 3.05) is 5.32 Å². The summed E-state index contributed by atoms with van der Waals surface area (Å²) in [6, 6.07) is 13.3. The van der Waals surface area contributed by atoms with E-state index >= 15 is 0 Å². The van der Waals surface area contributed by atoms with Gasteiger partial charge in [0.05, 0.1) is 11.8 Å². The summed E-state index contributed by atoms with van der Waals surface area (Å²) in [6.07, 6.45) is 0.588. The first-order chi connectivity index (χ1) is 12.0. The Morgan fingerprint density at radius 1 is 1.04 bits per heavy atom. The van der Waals surface area contributed by atoms with Crippen LogP contribution in [0.3, 0.4) is 0 Å². The Balaban J connectivity index is 1.51. The molecule has 0 aromatic heterocycles. The van der Waals surface area contributed by atoms with Crippen molar-refractivity contribution in [2.45, 2.75) is 26.8 Å². The number of anilines is 1. The topological polar surface area (TPSA) is 58.2 Å². The van der Waals surface area contributed by atoms with Crippen molar-refractivity contribution in [3.8, 4) is 0 Å². The number of carbonyl (C=O) groups is 2. The molecule has 0 bridgehead atoms. The Morgan fingerprint density at radius 2 is 1.76 bits per heavy atom. The molecule has 1 saturated carbocycles. The Hall–Kier alpha value is -2.33. The summed E-state index contributed by atoms with van der Waals surface area (Å²) in [6.45, 7) is 4.41. The van der Waals surface area contributed by atoms with E-state index in [9.17, 15) is 9.59 Å². The van der Waals surface area contributed by atoms with Crippen molar-refractivity contribution in [1.82, 2.24) is 5.32 Å². The minimum atomic E-state index is -0.267. The zero-order valence-corrected chi connectivity index (χ0v) is 15.1. The van der Waals surface area contributed by atoms with Gasteiger partial charge >= 0.3 is 0 Å². The second-order valence-electron chi connectivity index (χ2n) is 6.55. The van der Waals surface area contributed by atoms with Crippen molar-refractivity contribution >= 4 is 29.1 Å². The van der Waals surface area contributed by atoms with E-state index in [4.69, 9.17) is 11.6 Å². The van der Waals surface area contributed by atoms with Crippen LogP contribution >= 0.6 is 11.6 Å². The van der Waals surface area contributed by atoms with Gasteiger partial charge in [-0.05, 0) is 49.1 Å². The van der Waals surface area contributed by atoms with Crippen molar-refractivity contribution in [3.63, 3.8) is 0 Å². The molecule has 3 rings (SSSR count). The summed E-state index contributed by atoms with van der Waals surface area (Å²) in [4.78, 5) is 24.5. The predicted octanol–water partition coefficient (Wildman–Crippen LogP) is 3.85. The minimum absolute atomic E-state index is 0.0645. The van der Waals surface area contributed by atoms with E-state index in [1.54, 1.807) is 6.07 Å². The van der Waals surface area contributed by atoms with Crippen LogP contribution in [-0.2, 0) is 16.1 Å². The van der Waals surface area contributed by atoms with E-state index in [-0.39, 0.29) is 23.7 Å². The lowest BCUT2D eigenvalue weighted by molar-refractivity contribution is -0.125. The fourth-order valence-electron chi connectivity index (χ4n) is 2.80. The van der Waals surface area contributed by atoms with E-state index in [1.165, 1.54) is 0 Å². The molecule has 130 valence electrons. The number of benzene rings is 2. The second kappa shape index (κ2) is 7.28. The molecule has 5 heteroatoms. The number of halogens is 1. The number of hydrogen-bond acceptors (Lipinski definition) is 2. The van der Waals surface area contributed by atoms with Crippen LogP contribution in [0.2, 0.25) is 5.02 Å². The van der Waals surface area contributed by atoms with Crippen molar-refractivity contribution in [3.05, 3.63) is 64.2 Å². The Labute approximate surface area is 152 Å². The molecule has 2 aromatic rings. The van der Waals surface area contributed by atoms with E-state index in [1.807, 2.05) is 50.2 Å². The standard InChI is InChI=1S/C20H21ClN2O2/c1-12-5-3-4-6-14(12)11-22-19(24)16-10-17(16)20(25)23-15-8-7-13(2)18(21)9-15/h3-9,16-17H,10-11H2,1-2H3,(H,22,24)(H,23,25). The van der Waals surface area contributed by atoms with Gasteiger partial charge < -0.3 is 10.6 Å². The summed E-state index contributed by atoms with van der Waals surface area (Å²) in [5.74, 6) is -0.705. The van der Waals surface area contributed by atoms with Gasteiger partial charge in [0.25, 0.3) is 0 Å². The molecular weight excluding hydrogens is 336 g/mol. The van der Waals surface area contributed by atoms with E-state index in [0.717, 1.165) is 16.7 Å². The van der Waals surface area contributed by atoms with Gasteiger partial charge in [-0.3, -0.25) is 9.59 Å². The average Bonchev–Trinajstić information content (AvgIpc) is 3.38. The maximum absolute atomic E-state index is 12.3. The van der Waals surface area contributed by atoms with Crippen molar-refractivity contribution < 1.29 is 9.59 Å². The van der Waals surface area contributed by atoms with Gasteiger partial charge in [-0.1, -0.05) is 41.9 Å². The summed E-state index contributed by atoms with van der Waals surface area (Å²) in [7, 11) is 0. The lowest BCUT2D eigenvalue weighted by atomic mass is 10.1. The van der Waals surface area contributed by atoms with Crippen LogP contribution in [0.4, 0.5) is 5.69 Å². The molecule has 1 aliphatic rings. The molecule has 0 saturated heterocycles. The van der Waals surface area contributed by atoms with Gasteiger partial charge in [-0.25, -0.2) is 0 Å². The smallest absolute Gasteiger partial charge is 0.228 e. The highest BCUT2D eigenvalue weighted by Crippen LogP contribution is 2.39. The summed E-state index contributed by atoms with van der Waals surface area (Å²) in [5.41, 5.74) is 3.85. The predicted molar refractivity (Wildman–Crippen MR) is 99.4 cm³/mol. The maximum Gasteiger partial charge on any atom is 0.228 e. The summed E-state index contributed by atoms with van der Waals surface area (Å²) in [5, 5.41) is 6.38. The normalized spacial score (nSPS) is 18.5. The molecule has 1 fully saturated rings. The molecule has 0 radical (unpaired) electrons. The lowest BCUT2D eigenvalue weighted by Gasteiger charge is -2.08. The molecule has 2 unspecified atom stereocenters. The largest absolute Gasteiger partial charge is 0.352 e. The first-order valence-corrected chi connectivity index (χ1v) is 8.72. The quantitative estimate of drug-likeness (QED) is 0.854. The number of hydrogen-bond donors (Lipinski definition) is 2. The monoisotopic (exact) mass is 356 g/mol. The molecule has 0 spiro atoms. The van der Waals surface area contributed by atoms with E-state index < -0.39 is 0 Å². The fraction of sp³-hybridized carbons (Fsp3) is 0.300. The Bertz CT molecular complexity index is 819. The summed E-state index contributed by atoms with van der Waals surface area (Å²) < 4.78 is 0. The number of amides is 2. The second-order valence-corrected chi connectivity index (χ2v) is 6.95. The van der Waals surface area contributed by atoms with Crippen LogP contribution in [0.15, 0.2) is 42.5 Å². The van der Waals surface area contributed by atoms with Gasteiger partial charge in [0.15, 0.2) is 0 Å². The third kappa shape index (κ3) is 4.20. The highest BCUT2D eigenvalue weighted by atomic mass is 35.5. The molecule has 1 aliphatic carbocycles. The van der Waals surface area contributed by atoms with Crippen LogP contribution in [0, 0.1) is 25.7 Å². The molecule has 4 nitrogen and oxygen atoms in total. The maximum atomic E-state index is 12.3. The number of nitrogens with one attached hydrogen (secondary N) is 2. The molecule has 2 amide bonds. The third-order valence-corrected chi connectivity index (χ3v) is 5.02. The fourth-order valence-corrected chi connectivity index (χ4v) is 2.98. The van der Waals surface area contributed by atoms with Gasteiger partial charge in [-0.15, -0.1) is 0 Å².